The molecule has 2 aromatic rings. The van der Waals surface area contributed by atoms with Gasteiger partial charge in [-0.1, -0.05) is 6.92 Å². The Morgan fingerprint density at radius 1 is 1.31 bits per heavy atom. The molecule has 26 heavy (non-hydrogen) atoms. The van der Waals surface area contributed by atoms with Gasteiger partial charge in [0.05, 0.1) is 12.3 Å². The summed E-state index contributed by atoms with van der Waals surface area (Å²) >= 11 is 0. The molecule has 2 aromatic heterocycles. The van der Waals surface area contributed by atoms with Crippen molar-refractivity contribution in [2.75, 3.05) is 18.1 Å². The molecule has 7 nitrogen and oxygen atoms in total. The van der Waals surface area contributed by atoms with Crippen molar-refractivity contribution in [3.8, 4) is 5.95 Å². The van der Waals surface area contributed by atoms with E-state index in [9.17, 15) is 4.79 Å². The van der Waals surface area contributed by atoms with Gasteiger partial charge in [-0.15, -0.1) is 0 Å². The summed E-state index contributed by atoms with van der Waals surface area (Å²) in [5.41, 5.74) is 2.30. The van der Waals surface area contributed by atoms with E-state index in [-0.39, 0.29) is 5.97 Å². The number of aryl methyl sites for hydroxylation is 2. The van der Waals surface area contributed by atoms with Gasteiger partial charge in [0.15, 0.2) is 0 Å². The van der Waals surface area contributed by atoms with Crippen molar-refractivity contribution in [1.29, 1.82) is 0 Å². The molecule has 1 aliphatic heterocycles. The Labute approximate surface area is 154 Å². The third-order valence-corrected chi connectivity index (χ3v) is 4.82. The van der Waals surface area contributed by atoms with Crippen LogP contribution in [-0.4, -0.2) is 44.9 Å². The maximum atomic E-state index is 12.5. The summed E-state index contributed by atoms with van der Waals surface area (Å²) in [6, 6.07) is 2.36. The highest BCUT2D eigenvalue weighted by atomic mass is 16.5. The fourth-order valence-electron chi connectivity index (χ4n) is 3.57. The minimum absolute atomic E-state index is 0.328. The molecule has 0 N–H and O–H groups in total. The maximum Gasteiger partial charge on any atom is 0.343 e. The zero-order valence-electron chi connectivity index (χ0n) is 16.0. The first kappa shape index (κ1) is 18.4. The average molecular weight is 357 g/mol. The fraction of sp³-hybridized carbons (Fsp3) is 0.579. The summed E-state index contributed by atoms with van der Waals surface area (Å²) < 4.78 is 6.95. The van der Waals surface area contributed by atoms with Crippen LogP contribution in [0.3, 0.4) is 0 Å². The lowest BCUT2D eigenvalue weighted by Crippen LogP contribution is -2.41. The minimum atomic E-state index is -0.372. The van der Waals surface area contributed by atoms with Gasteiger partial charge >= 0.3 is 5.97 Å². The van der Waals surface area contributed by atoms with Crippen LogP contribution in [0.25, 0.3) is 5.95 Å². The number of carbonyl (C=O) groups is 1. The normalized spacial score (nSPS) is 17.4. The summed E-state index contributed by atoms with van der Waals surface area (Å²) in [6.45, 7) is 9.11. The Balaban J connectivity index is 2.08. The van der Waals surface area contributed by atoms with Crippen LogP contribution in [0.1, 0.15) is 61.3 Å². The van der Waals surface area contributed by atoms with Crippen molar-refractivity contribution in [1.82, 2.24) is 19.7 Å². The molecular weight excluding hydrogens is 330 g/mol. The van der Waals surface area contributed by atoms with Crippen LogP contribution >= 0.6 is 0 Å². The van der Waals surface area contributed by atoms with E-state index in [1.807, 2.05) is 19.9 Å². The Kier molecular flexibility index (Phi) is 5.54. The monoisotopic (exact) mass is 357 g/mol. The largest absolute Gasteiger partial charge is 0.462 e. The number of rotatable bonds is 5. The summed E-state index contributed by atoms with van der Waals surface area (Å²) in [5.74, 6) is 0.773. The Morgan fingerprint density at radius 3 is 2.77 bits per heavy atom. The number of nitrogens with zero attached hydrogens (tertiary/aromatic N) is 5. The lowest BCUT2D eigenvalue weighted by Gasteiger charge is -2.37. The molecule has 1 atom stereocenters. The van der Waals surface area contributed by atoms with Gasteiger partial charge in [-0.25, -0.2) is 14.5 Å². The van der Waals surface area contributed by atoms with Gasteiger partial charge in [-0.3, -0.25) is 0 Å². The quantitative estimate of drug-likeness (QED) is 0.765. The van der Waals surface area contributed by atoms with Gasteiger partial charge in [0.25, 0.3) is 5.95 Å². The molecule has 0 saturated carbocycles. The first-order valence-electron chi connectivity index (χ1n) is 9.39. The second-order valence-electron chi connectivity index (χ2n) is 6.72. The molecule has 0 aliphatic carbocycles. The lowest BCUT2D eigenvalue weighted by molar-refractivity contribution is 0.0526. The summed E-state index contributed by atoms with van der Waals surface area (Å²) in [4.78, 5) is 23.9. The predicted octanol–water partition coefficient (Wildman–Crippen LogP) is 3.22. The zero-order valence-corrected chi connectivity index (χ0v) is 16.0. The van der Waals surface area contributed by atoms with Crippen LogP contribution in [0.15, 0.2) is 12.3 Å². The SMILES string of the molecule is CCOC(=O)c1cnc(-n2nc(C)cc2C)nc1N1CCCCC1CC. The number of hydrogen-bond donors (Lipinski definition) is 0. The number of ether oxygens (including phenoxy) is 1. The number of anilines is 1. The van der Waals surface area contributed by atoms with Crippen molar-refractivity contribution >= 4 is 11.8 Å². The molecule has 0 bridgehead atoms. The highest BCUT2D eigenvalue weighted by molar-refractivity contribution is 5.94. The molecule has 0 amide bonds. The van der Waals surface area contributed by atoms with Gasteiger partial charge in [-0.05, 0) is 52.5 Å². The molecule has 1 saturated heterocycles. The molecule has 3 rings (SSSR count). The predicted molar refractivity (Wildman–Crippen MR) is 99.9 cm³/mol. The van der Waals surface area contributed by atoms with Gasteiger partial charge in [0.2, 0.25) is 0 Å². The first-order valence-corrected chi connectivity index (χ1v) is 9.39. The molecule has 7 heteroatoms. The van der Waals surface area contributed by atoms with Gasteiger partial charge in [0, 0.05) is 24.5 Å². The smallest absolute Gasteiger partial charge is 0.343 e. The van der Waals surface area contributed by atoms with E-state index in [4.69, 9.17) is 9.72 Å². The number of esters is 1. The summed E-state index contributed by atoms with van der Waals surface area (Å²) in [6.07, 6.45) is 6.00. The van der Waals surface area contributed by atoms with E-state index in [2.05, 4.69) is 21.9 Å². The number of piperidine rings is 1. The topological polar surface area (TPSA) is 73.1 Å². The summed E-state index contributed by atoms with van der Waals surface area (Å²) in [7, 11) is 0. The highest BCUT2D eigenvalue weighted by Crippen LogP contribution is 2.28. The highest BCUT2D eigenvalue weighted by Gasteiger charge is 2.28. The van der Waals surface area contributed by atoms with E-state index in [1.54, 1.807) is 17.8 Å². The maximum absolute atomic E-state index is 12.5. The van der Waals surface area contributed by atoms with Crippen LogP contribution in [0.5, 0.6) is 0 Å². The van der Waals surface area contributed by atoms with E-state index < -0.39 is 0 Å². The molecule has 1 fully saturated rings. The van der Waals surface area contributed by atoms with Crippen molar-refractivity contribution < 1.29 is 9.53 Å². The third kappa shape index (κ3) is 3.57. The minimum Gasteiger partial charge on any atom is -0.462 e. The molecule has 1 unspecified atom stereocenters. The molecule has 1 aliphatic rings. The number of hydrogen-bond acceptors (Lipinski definition) is 6. The first-order chi connectivity index (χ1) is 12.5. The Morgan fingerprint density at radius 2 is 2.12 bits per heavy atom. The van der Waals surface area contributed by atoms with Crippen LogP contribution in [-0.2, 0) is 4.74 Å². The standard InChI is InChI=1S/C19H27N5O2/c1-5-15-9-7-8-10-23(15)17-16(18(25)26-6-2)12-20-19(21-17)24-14(4)11-13(3)22-24/h11-12,15H,5-10H2,1-4H3. The van der Waals surface area contributed by atoms with E-state index in [1.165, 1.54) is 6.42 Å². The zero-order chi connectivity index (χ0) is 18.7. The Bertz CT molecular complexity index is 786. The number of carbonyl (C=O) groups excluding carboxylic acids is 1. The molecule has 0 aromatic carbocycles. The van der Waals surface area contributed by atoms with Gasteiger partial charge in [-0.2, -0.15) is 10.1 Å². The molecular formula is C19H27N5O2. The second-order valence-corrected chi connectivity index (χ2v) is 6.72. The van der Waals surface area contributed by atoms with Gasteiger partial charge in [0.1, 0.15) is 11.4 Å². The van der Waals surface area contributed by atoms with Crippen molar-refractivity contribution in [3.63, 3.8) is 0 Å². The van der Waals surface area contributed by atoms with E-state index in [0.29, 0.717) is 30.0 Å². The van der Waals surface area contributed by atoms with Crippen molar-refractivity contribution in [3.05, 3.63) is 29.2 Å². The van der Waals surface area contributed by atoms with Crippen LogP contribution < -0.4 is 4.90 Å². The van der Waals surface area contributed by atoms with E-state index >= 15 is 0 Å². The third-order valence-electron chi connectivity index (χ3n) is 4.82. The van der Waals surface area contributed by atoms with Crippen LogP contribution in [0.4, 0.5) is 5.82 Å². The Hall–Kier alpha value is -2.44. The lowest BCUT2D eigenvalue weighted by atomic mass is 9.99. The molecule has 0 radical (unpaired) electrons. The molecule has 3 heterocycles. The molecule has 0 spiro atoms. The fourth-order valence-corrected chi connectivity index (χ4v) is 3.57. The number of aromatic nitrogens is 4. The van der Waals surface area contributed by atoms with Gasteiger partial charge < -0.3 is 9.64 Å². The summed E-state index contributed by atoms with van der Waals surface area (Å²) in [5, 5.41) is 4.47. The second kappa shape index (κ2) is 7.85. The van der Waals surface area contributed by atoms with Crippen LogP contribution in [0.2, 0.25) is 0 Å². The van der Waals surface area contributed by atoms with Crippen molar-refractivity contribution in [2.24, 2.45) is 0 Å². The molecule has 140 valence electrons. The average Bonchev–Trinajstić information content (AvgIpc) is 2.99. The van der Waals surface area contributed by atoms with Crippen LogP contribution in [0, 0.1) is 13.8 Å². The van der Waals surface area contributed by atoms with E-state index in [0.717, 1.165) is 37.2 Å². The van der Waals surface area contributed by atoms with Crippen molar-refractivity contribution in [2.45, 2.75) is 59.4 Å².